The number of aryl methyl sites for hydroxylation is 2. The van der Waals surface area contributed by atoms with Crippen LogP contribution in [-0.4, -0.2) is 45.9 Å². The quantitative estimate of drug-likeness (QED) is 0.458. The normalized spacial score (nSPS) is 11.2. The van der Waals surface area contributed by atoms with Gasteiger partial charge in [0.2, 0.25) is 0 Å². The number of hydrogen-bond acceptors (Lipinski definition) is 7. The Balaban J connectivity index is 1.66. The Morgan fingerprint density at radius 3 is 2.56 bits per heavy atom. The molecule has 0 unspecified atom stereocenters. The van der Waals surface area contributed by atoms with Crippen molar-refractivity contribution < 1.29 is 18.3 Å². The number of rotatable bonds is 5. The summed E-state index contributed by atoms with van der Waals surface area (Å²) in [6, 6.07) is 8.28. The van der Waals surface area contributed by atoms with Crippen LogP contribution in [0, 0.1) is 11.8 Å². The predicted octanol–water partition coefficient (Wildman–Crippen LogP) is 2.61. The van der Waals surface area contributed by atoms with Crippen LogP contribution in [-0.2, 0) is 19.1 Å². The number of hydrogen-bond donors (Lipinski definition) is 2. The van der Waals surface area contributed by atoms with Crippen LogP contribution in [0.2, 0.25) is 0 Å². The number of nitrogens with zero attached hydrogens (tertiary/aromatic N) is 7. The molecule has 2 aromatic carbocycles. The van der Waals surface area contributed by atoms with Crippen LogP contribution in [0.3, 0.4) is 0 Å². The van der Waals surface area contributed by atoms with Crippen molar-refractivity contribution >= 4 is 0 Å². The Morgan fingerprint density at radius 1 is 1.03 bits per heavy atom. The monoisotopic (exact) mass is 440 g/mol. The highest BCUT2D eigenvalue weighted by Gasteiger charge is 2.33. The number of tetrazole rings is 2. The number of benzene rings is 2. The van der Waals surface area contributed by atoms with E-state index in [2.05, 4.69) is 48.0 Å². The van der Waals surface area contributed by atoms with Crippen LogP contribution in [0.1, 0.15) is 28.7 Å². The van der Waals surface area contributed by atoms with E-state index in [1.54, 1.807) is 16.8 Å². The molecule has 0 bridgehead atoms. The molecule has 0 saturated carbocycles. The van der Waals surface area contributed by atoms with E-state index in [1.165, 1.54) is 12.4 Å². The van der Waals surface area contributed by atoms with Crippen molar-refractivity contribution in [3.8, 4) is 29.0 Å². The third kappa shape index (κ3) is 4.89. The maximum Gasteiger partial charge on any atom is 0.417 e. The van der Waals surface area contributed by atoms with Crippen LogP contribution in [0.5, 0.6) is 5.75 Å². The van der Waals surface area contributed by atoms with Gasteiger partial charge in [-0.1, -0.05) is 11.8 Å². The van der Waals surface area contributed by atoms with E-state index in [-0.39, 0.29) is 5.56 Å². The van der Waals surface area contributed by atoms with E-state index >= 15 is 0 Å². The minimum absolute atomic E-state index is 0.224. The van der Waals surface area contributed by atoms with Crippen molar-refractivity contribution in [2.45, 2.75) is 25.6 Å². The summed E-state index contributed by atoms with van der Waals surface area (Å²) < 4.78 is 41.6. The lowest BCUT2D eigenvalue weighted by molar-refractivity contribution is -0.137. The Morgan fingerprint density at radius 2 is 1.84 bits per heavy atom. The number of H-pyrrole nitrogens is 1. The number of aromatic hydroxyl groups is 1. The number of aromatic amines is 1. The molecule has 32 heavy (non-hydrogen) atoms. The zero-order valence-corrected chi connectivity index (χ0v) is 16.4. The molecule has 162 valence electrons. The summed E-state index contributed by atoms with van der Waals surface area (Å²) in [5, 5.41) is 34.1. The van der Waals surface area contributed by atoms with E-state index < -0.39 is 17.5 Å². The number of aromatic nitrogens is 8. The smallest absolute Gasteiger partial charge is 0.417 e. The van der Waals surface area contributed by atoms with Gasteiger partial charge in [0.1, 0.15) is 12.1 Å². The Labute approximate surface area is 179 Å². The molecule has 2 heterocycles. The molecule has 0 amide bonds. The second-order valence-corrected chi connectivity index (χ2v) is 6.78. The fourth-order valence-electron chi connectivity index (χ4n) is 3.08. The van der Waals surface area contributed by atoms with E-state index in [1.807, 2.05) is 6.07 Å². The second-order valence-electron chi connectivity index (χ2n) is 6.78. The summed E-state index contributed by atoms with van der Waals surface area (Å²) in [5.74, 6) is 5.42. The van der Waals surface area contributed by atoms with E-state index in [0.717, 1.165) is 17.2 Å². The molecule has 0 aliphatic rings. The van der Waals surface area contributed by atoms with Gasteiger partial charge in [-0.15, -0.1) is 10.2 Å². The molecule has 2 aromatic heterocycles. The fourth-order valence-corrected chi connectivity index (χ4v) is 3.08. The third-order valence-electron chi connectivity index (χ3n) is 4.59. The highest BCUT2D eigenvalue weighted by molar-refractivity contribution is 5.60. The van der Waals surface area contributed by atoms with Crippen molar-refractivity contribution in [3.63, 3.8) is 0 Å². The molecule has 0 aliphatic heterocycles. The Bertz CT molecular complexity index is 1260. The maximum absolute atomic E-state index is 13.3. The van der Waals surface area contributed by atoms with Gasteiger partial charge in [-0.25, -0.2) is 9.78 Å². The van der Waals surface area contributed by atoms with Gasteiger partial charge >= 0.3 is 6.18 Å². The van der Waals surface area contributed by atoms with Crippen LogP contribution in [0.25, 0.3) is 11.4 Å². The average molecular weight is 440 g/mol. The molecule has 4 rings (SSSR count). The average Bonchev–Trinajstić information content (AvgIpc) is 3.47. The van der Waals surface area contributed by atoms with Crippen LogP contribution >= 0.6 is 0 Å². The lowest BCUT2D eigenvalue weighted by Crippen LogP contribution is -2.07. The van der Waals surface area contributed by atoms with Crippen molar-refractivity contribution in [1.82, 2.24) is 40.8 Å². The van der Waals surface area contributed by atoms with Gasteiger partial charge in [-0.3, -0.25) is 0 Å². The van der Waals surface area contributed by atoms with Crippen molar-refractivity contribution in [2.75, 3.05) is 0 Å². The fraction of sp³-hybridized carbons (Fsp3) is 0.200. The molecule has 9 nitrogen and oxygen atoms in total. The number of nitrogens with one attached hydrogen (secondary N) is 1. The number of phenols is 1. The SMILES string of the molecule is Oc1ccc(C#Cc2ccc(-c3nnn[nH]3)cc2CCCn2cnnn2)c(C(F)(F)F)c1. The van der Waals surface area contributed by atoms with Crippen LogP contribution in [0.4, 0.5) is 13.2 Å². The van der Waals surface area contributed by atoms with Gasteiger partial charge in [-0.05, 0) is 75.7 Å². The molecule has 0 fully saturated rings. The predicted molar refractivity (Wildman–Crippen MR) is 105 cm³/mol. The van der Waals surface area contributed by atoms with Gasteiger partial charge < -0.3 is 5.11 Å². The summed E-state index contributed by atoms with van der Waals surface area (Å²) in [6.07, 6.45) is -1.90. The largest absolute Gasteiger partial charge is 0.508 e. The maximum atomic E-state index is 13.3. The number of halogens is 3. The standard InChI is InChI=1S/C20H15F3N8O/c21-20(22,23)18-11-17(32)8-7-14(18)5-3-13-4-6-16(19-25-28-29-26-19)10-15(13)2-1-9-31-12-24-27-30-31/h4,6-8,10-12,32H,1-2,9H2,(H,25,26,28,29). The minimum atomic E-state index is -4.64. The Hall–Kier alpha value is -4.27. The number of phenolic OH excluding ortho intramolecular Hbond substituents is 1. The molecule has 2 N–H and O–H groups in total. The van der Waals surface area contributed by atoms with E-state index in [4.69, 9.17) is 0 Å². The van der Waals surface area contributed by atoms with E-state index in [9.17, 15) is 18.3 Å². The van der Waals surface area contributed by atoms with Gasteiger partial charge in [0.15, 0.2) is 5.82 Å². The van der Waals surface area contributed by atoms with Crippen molar-refractivity contribution in [3.05, 3.63) is 65.0 Å². The lowest BCUT2D eigenvalue weighted by Gasteiger charge is -2.10. The molecular formula is C20H15F3N8O. The minimum Gasteiger partial charge on any atom is -0.508 e. The first-order valence-electron chi connectivity index (χ1n) is 9.40. The molecule has 0 radical (unpaired) electrons. The second kappa shape index (κ2) is 8.84. The first-order valence-corrected chi connectivity index (χ1v) is 9.40. The topological polar surface area (TPSA) is 118 Å². The van der Waals surface area contributed by atoms with Crippen molar-refractivity contribution in [1.29, 1.82) is 0 Å². The summed E-state index contributed by atoms with van der Waals surface area (Å²) >= 11 is 0. The summed E-state index contributed by atoms with van der Waals surface area (Å²) in [5.41, 5.74) is 0.887. The summed E-state index contributed by atoms with van der Waals surface area (Å²) in [4.78, 5) is 0. The molecule has 0 aliphatic carbocycles. The number of alkyl halides is 3. The lowest BCUT2D eigenvalue weighted by atomic mass is 9.99. The third-order valence-corrected chi connectivity index (χ3v) is 4.59. The van der Waals surface area contributed by atoms with Gasteiger partial charge in [0, 0.05) is 23.2 Å². The molecule has 0 spiro atoms. The molecule has 12 heteroatoms. The first kappa shape index (κ1) is 21.0. The van der Waals surface area contributed by atoms with Crippen LogP contribution in [0.15, 0.2) is 42.7 Å². The van der Waals surface area contributed by atoms with E-state index in [0.29, 0.717) is 36.8 Å². The van der Waals surface area contributed by atoms with Crippen LogP contribution < -0.4 is 0 Å². The zero-order valence-electron chi connectivity index (χ0n) is 16.4. The Kier molecular flexibility index (Phi) is 5.80. The molecule has 4 aromatic rings. The van der Waals surface area contributed by atoms with Gasteiger partial charge in [0.05, 0.1) is 5.56 Å². The van der Waals surface area contributed by atoms with Gasteiger partial charge in [-0.2, -0.15) is 13.2 Å². The molecule has 0 saturated heterocycles. The summed E-state index contributed by atoms with van der Waals surface area (Å²) in [7, 11) is 0. The molecular weight excluding hydrogens is 425 g/mol. The summed E-state index contributed by atoms with van der Waals surface area (Å²) in [6.45, 7) is 0.560. The highest BCUT2D eigenvalue weighted by Crippen LogP contribution is 2.34. The molecule has 0 atom stereocenters. The highest BCUT2D eigenvalue weighted by atomic mass is 19.4. The van der Waals surface area contributed by atoms with Gasteiger partial charge in [0.25, 0.3) is 0 Å². The zero-order chi connectivity index (χ0) is 22.6. The first-order chi connectivity index (χ1) is 15.4. The van der Waals surface area contributed by atoms with Crippen molar-refractivity contribution in [2.24, 2.45) is 0 Å².